The van der Waals surface area contributed by atoms with E-state index in [1.165, 1.54) is 39.3 Å². The van der Waals surface area contributed by atoms with Gasteiger partial charge in [0, 0.05) is 13.1 Å². The first-order chi connectivity index (χ1) is 11.0. The van der Waals surface area contributed by atoms with Crippen molar-refractivity contribution in [3.63, 3.8) is 0 Å². The molecule has 0 heterocycles. The number of ether oxygens (including phenoxy) is 2. The van der Waals surface area contributed by atoms with Gasteiger partial charge < -0.3 is 14.3 Å². The number of rotatable bonds is 5. The molecule has 0 saturated heterocycles. The molecule has 1 amide bonds. The zero-order chi connectivity index (χ0) is 18.7. The first kappa shape index (κ1) is 19.4. The summed E-state index contributed by atoms with van der Waals surface area (Å²) in [6, 6.07) is 4.02. The second-order valence-electron chi connectivity index (χ2n) is 6.45. The predicted octanol–water partition coefficient (Wildman–Crippen LogP) is 2.88. The van der Waals surface area contributed by atoms with Crippen molar-refractivity contribution in [2.24, 2.45) is 0 Å². The maximum atomic E-state index is 12.3. The number of carbonyl (C=O) groups is 2. The van der Waals surface area contributed by atoms with Crippen LogP contribution in [0.25, 0.3) is 0 Å². The van der Waals surface area contributed by atoms with E-state index in [-0.39, 0.29) is 11.4 Å². The van der Waals surface area contributed by atoms with Crippen LogP contribution < -0.4 is 4.74 Å². The van der Waals surface area contributed by atoms with Crippen molar-refractivity contribution in [1.29, 1.82) is 0 Å². The van der Waals surface area contributed by atoms with E-state index in [0.29, 0.717) is 11.8 Å². The Balaban J connectivity index is 3.30. The van der Waals surface area contributed by atoms with Crippen LogP contribution >= 0.6 is 0 Å². The summed E-state index contributed by atoms with van der Waals surface area (Å²) >= 11 is 0. The fourth-order valence-electron chi connectivity index (χ4n) is 2.00. The van der Waals surface area contributed by atoms with E-state index in [2.05, 4.69) is 0 Å². The number of nitro benzene ring substituents is 1. The highest BCUT2D eigenvalue weighted by molar-refractivity contribution is 5.78. The van der Waals surface area contributed by atoms with Crippen LogP contribution in [-0.2, 0) is 15.1 Å². The molecule has 1 aromatic rings. The average Bonchev–Trinajstić information content (AvgIpc) is 2.50. The van der Waals surface area contributed by atoms with Crippen LogP contribution in [0.15, 0.2) is 18.2 Å². The van der Waals surface area contributed by atoms with E-state index < -0.39 is 22.2 Å². The highest BCUT2D eigenvalue weighted by Crippen LogP contribution is 2.34. The lowest BCUT2D eigenvalue weighted by Gasteiger charge is -2.35. The maximum Gasteiger partial charge on any atom is 0.411 e. The zero-order valence-corrected chi connectivity index (χ0v) is 14.7. The highest BCUT2D eigenvalue weighted by Gasteiger charge is 2.37. The van der Waals surface area contributed by atoms with Gasteiger partial charge in [-0.1, -0.05) is 0 Å². The number of carbonyl (C=O) groups excluding carboxylic acids is 2. The minimum absolute atomic E-state index is 0.00293. The molecule has 24 heavy (non-hydrogen) atoms. The molecule has 0 spiro atoms. The lowest BCUT2D eigenvalue weighted by Crippen LogP contribution is -2.48. The number of amides is 1. The molecule has 1 rings (SSSR count). The van der Waals surface area contributed by atoms with Gasteiger partial charge in [-0.15, -0.1) is 0 Å². The quantitative estimate of drug-likeness (QED) is 0.465. The SMILES string of the molecule is COc1cc(C(C)(C=O)N(C)C(=O)OC(C)(C)C)ccc1[N+](=O)[O-]. The number of hydrogen-bond donors (Lipinski definition) is 0. The Labute approximate surface area is 140 Å². The molecule has 0 aliphatic carbocycles. The highest BCUT2D eigenvalue weighted by atomic mass is 16.6. The fraction of sp³-hybridized carbons (Fsp3) is 0.500. The molecule has 0 N–H and O–H groups in total. The minimum atomic E-state index is -1.37. The molecule has 0 fully saturated rings. The smallest absolute Gasteiger partial charge is 0.411 e. The van der Waals surface area contributed by atoms with Gasteiger partial charge in [0.15, 0.2) is 5.75 Å². The number of aldehydes is 1. The van der Waals surface area contributed by atoms with Gasteiger partial charge in [-0.25, -0.2) is 4.79 Å². The fourth-order valence-corrected chi connectivity index (χ4v) is 2.00. The van der Waals surface area contributed by atoms with Crippen molar-refractivity contribution in [3.05, 3.63) is 33.9 Å². The van der Waals surface area contributed by atoms with Crippen LogP contribution in [0.5, 0.6) is 5.75 Å². The Morgan fingerprint density at radius 3 is 2.29 bits per heavy atom. The van der Waals surface area contributed by atoms with Gasteiger partial charge in [0.25, 0.3) is 0 Å². The van der Waals surface area contributed by atoms with Crippen LogP contribution in [-0.4, -0.2) is 42.0 Å². The van der Waals surface area contributed by atoms with Crippen molar-refractivity contribution in [2.75, 3.05) is 14.2 Å². The first-order valence-electron chi connectivity index (χ1n) is 7.22. The largest absolute Gasteiger partial charge is 0.490 e. The minimum Gasteiger partial charge on any atom is -0.490 e. The molecule has 8 nitrogen and oxygen atoms in total. The monoisotopic (exact) mass is 338 g/mol. The molecule has 0 saturated carbocycles. The van der Waals surface area contributed by atoms with Gasteiger partial charge in [0.1, 0.15) is 17.4 Å². The van der Waals surface area contributed by atoms with E-state index >= 15 is 0 Å². The van der Waals surface area contributed by atoms with Gasteiger partial charge in [-0.2, -0.15) is 0 Å². The Bertz CT molecular complexity index is 652. The Morgan fingerprint density at radius 1 is 1.29 bits per heavy atom. The summed E-state index contributed by atoms with van der Waals surface area (Å²) in [6.07, 6.45) is -0.105. The molecule has 8 heteroatoms. The third kappa shape index (κ3) is 4.01. The molecule has 0 radical (unpaired) electrons. The molecule has 0 aliphatic heterocycles. The summed E-state index contributed by atoms with van der Waals surface area (Å²) in [5.74, 6) is 0.00293. The predicted molar refractivity (Wildman–Crippen MR) is 87.1 cm³/mol. The molecule has 0 aromatic heterocycles. The van der Waals surface area contributed by atoms with Crippen LogP contribution in [0, 0.1) is 10.1 Å². The van der Waals surface area contributed by atoms with Crippen molar-refractivity contribution in [2.45, 2.75) is 38.8 Å². The van der Waals surface area contributed by atoms with Crippen molar-refractivity contribution in [3.8, 4) is 5.75 Å². The molecule has 0 bridgehead atoms. The normalized spacial score (nSPS) is 13.6. The van der Waals surface area contributed by atoms with Gasteiger partial charge >= 0.3 is 11.8 Å². The molecular weight excluding hydrogens is 316 g/mol. The maximum absolute atomic E-state index is 12.3. The zero-order valence-electron chi connectivity index (χ0n) is 14.7. The molecule has 1 unspecified atom stereocenters. The number of methoxy groups -OCH3 is 1. The van der Waals surface area contributed by atoms with Crippen molar-refractivity contribution >= 4 is 18.1 Å². The van der Waals surface area contributed by atoms with Gasteiger partial charge in [-0.3, -0.25) is 15.0 Å². The summed E-state index contributed by atoms with van der Waals surface area (Å²) in [5, 5.41) is 11.0. The van der Waals surface area contributed by atoms with E-state index in [1.807, 2.05) is 0 Å². The topological polar surface area (TPSA) is 99.0 Å². The second-order valence-corrected chi connectivity index (χ2v) is 6.45. The number of benzene rings is 1. The van der Waals surface area contributed by atoms with Crippen molar-refractivity contribution in [1.82, 2.24) is 4.90 Å². The average molecular weight is 338 g/mol. The van der Waals surface area contributed by atoms with Gasteiger partial charge in [0.2, 0.25) is 0 Å². The summed E-state index contributed by atoms with van der Waals surface area (Å²) in [5.41, 5.74) is -1.95. The second kappa shape index (κ2) is 6.86. The molecule has 132 valence electrons. The van der Waals surface area contributed by atoms with Crippen LogP contribution in [0.2, 0.25) is 0 Å². The Hall–Kier alpha value is -2.64. The number of hydrogen-bond acceptors (Lipinski definition) is 6. The Kier molecular flexibility index (Phi) is 5.54. The summed E-state index contributed by atoms with van der Waals surface area (Å²) < 4.78 is 10.3. The molecule has 1 aromatic carbocycles. The summed E-state index contributed by atoms with van der Waals surface area (Å²) in [6.45, 7) is 6.66. The Morgan fingerprint density at radius 2 is 1.88 bits per heavy atom. The van der Waals surface area contributed by atoms with E-state index in [0.717, 1.165) is 4.90 Å². The van der Waals surface area contributed by atoms with Crippen molar-refractivity contribution < 1.29 is 24.0 Å². The van der Waals surface area contributed by atoms with Gasteiger partial charge in [-0.05, 0) is 45.4 Å². The summed E-state index contributed by atoms with van der Waals surface area (Å²) in [4.78, 5) is 35.5. The third-order valence-electron chi connectivity index (χ3n) is 3.55. The number of likely N-dealkylation sites (N-methyl/N-ethyl adjacent to an activating group) is 1. The molecular formula is C16H22N2O6. The number of nitro groups is 1. The van der Waals surface area contributed by atoms with Crippen LogP contribution in [0.3, 0.4) is 0 Å². The van der Waals surface area contributed by atoms with Crippen LogP contribution in [0.4, 0.5) is 10.5 Å². The molecule has 1 atom stereocenters. The summed E-state index contributed by atoms with van der Waals surface area (Å²) in [7, 11) is 2.72. The van der Waals surface area contributed by atoms with E-state index in [9.17, 15) is 19.7 Å². The van der Waals surface area contributed by atoms with Crippen LogP contribution in [0.1, 0.15) is 33.3 Å². The van der Waals surface area contributed by atoms with E-state index in [1.54, 1.807) is 20.8 Å². The van der Waals surface area contributed by atoms with Gasteiger partial charge in [0.05, 0.1) is 12.0 Å². The third-order valence-corrected chi connectivity index (χ3v) is 3.55. The number of nitrogens with zero attached hydrogens (tertiary/aromatic N) is 2. The standard InChI is InChI=1S/C16H22N2O6/c1-15(2,3)24-14(20)17(5)16(4,10-19)11-7-8-12(18(21)22)13(9-11)23-6/h7-10H,1-6H3. The first-order valence-corrected chi connectivity index (χ1v) is 7.22. The van der Waals surface area contributed by atoms with E-state index in [4.69, 9.17) is 9.47 Å². The lowest BCUT2D eigenvalue weighted by molar-refractivity contribution is -0.385. The lowest BCUT2D eigenvalue weighted by atomic mass is 9.91. The molecule has 0 aliphatic rings.